The van der Waals surface area contributed by atoms with Crippen LogP contribution in [0.5, 0.6) is 0 Å². The molecule has 0 saturated carbocycles. The van der Waals surface area contributed by atoms with Crippen LogP contribution in [0, 0.1) is 0 Å². The average Bonchev–Trinajstić information content (AvgIpc) is 3.62. The van der Waals surface area contributed by atoms with Crippen LogP contribution in [-0.2, 0) is 0 Å². The molecule has 0 radical (unpaired) electrons. The van der Waals surface area contributed by atoms with E-state index >= 15 is 0 Å². The molecular weight excluding hydrogens is 560 g/mol. The molecule has 0 aliphatic carbocycles. The van der Waals surface area contributed by atoms with Crippen LogP contribution >= 0.6 is 0 Å². The maximum atomic E-state index is 5.12. The molecule has 0 spiro atoms. The van der Waals surface area contributed by atoms with Crippen LogP contribution < -0.4 is 15.9 Å². The fourth-order valence-electron chi connectivity index (χ4n) is 7.28. The van der Waals surface area contributed by atoms with Crippen molar-refractivity contribution in [1.29, 1.82) is 0 Å². The van der Waals surface area contributed by atoms with Gasteiger partial charge in [0.25, 0.3) is 0 Å². The summed E-state index contributed by atoms with van der Waals surface area (Å²) in [6, 6.07) is 43.9. The van der Waals surface area contributed by atoms with Crippen molar-refractivity contribution >= 4 is 66.8 Å². The number of unbranched alkanes of at least 4 members (excludes halogenated alkanes) is 1. The lowest BCUT2D eigenvalue weighted by molar-refractivity contribution is 0.497. The molecule has 4 nitrogen and oxygen atoms in total. The molecule has 0 amide bonds. The monoisotopic (exact) mass is 592 g/mol. The fraction of sp³-hybridized carbons (Fsp3) is 0.0714. The van der Waals surface area contributed by atoms with Crippen LogP contribution in [0.1, 0.15) is 19.1 Å². The normalized spacial score (nSPS) is 14.6. The van der Waals surface area contributed by atoms with E-state index < -0.39 is 0 Å². The Morgan fingerprint density at radius 3 is 2.24 bits per heavy atom. The molecule has 9 rings (SSSR count). The Bertz CT molecular complexity index is 2650. The van der Waals surface area contributed by atoms with Gasteiger partial charge in [-0.15, -0.1) is 6.58 Å². The summed E-state index contributed by atoms with van der Waals surface area (Å²) in [5.41, 5.74) is 7.18. The molecule has 0 bridgehead atoms. The smallest absolute Gasteiger partial charge is 0.201 e. The summed E-state index contributed by atoms with van der Waals surface area (Å²) in [6.45, 7) is 3.90. The van der Waals surface area contributed by atoms with E-state index in [0.29, 0.717) is 0 Å². The van der Waals surface area contributed by atoms with E-state index in [2.05, 4.69) is 155 Å². The molecule has 0 saturated heterocycles. The molecule has 3 heterocycles. The molecule has 1 unspecified atom stereocenters. The number of hydrogen-bond acceptors (Lipinski definition) is 2. The van der Waals surface area contributed by atoms with Crippen LogP contribution in [0.25, 0.3) is 77.9 Å². The molecule has 1 aliphatic heterocycles. The quantitative estimate of drug-likeness (QED) is 0.152. The van der Waals surface area contributed by atoms with Crippen molar-refractivity contribution < 1.29 is 0 Å². The highest BCUT2D eigenvalue weighted by Gasteiger charge is 2.20. The Hall–Kier alpha value is -5.87. The van der Waals surface area contributed by atoms with Crippen LogP contribution in [-0.4, -0.2) is 9.13 Å². The molecule has 46 heavy (non-hydrogen) atoms. The molecule has 220 valence electrons. The summed E-state index contributed by atoms with van der Waals surface area (Å²) in [7, 11) is 0. The minimum Gasteiger partial charge on any atom is -0.352 e. The average molecular weight is 593 g/mol. The molecule has 8 aromatic rings. The summed E-state index contributed by atoms with van der Waals surface area (Å²) in [6.07, 6.45) is 10.2. The number of rotatable bonds is 6. The number of allylic oxidation sites excluding steroid dienone is 2. The number of benzene rings is 6. The maximum Gasteiger partial charge on any atom is 0.201 e. The summed E-state index contributed by atoms with van der Waals surface area (Å²) in [5.74, 6) is 0. The third kappa shape index (κ3) is 4.04. The van der Waals surface area contributed by atoms with Gasteiger partial charge in [-0.25, -0.2) is 4.99 Å². The van der Waals surface area contributed by atoms with Gasteiger partial charge in [0, 0.05) is 39.2 Å². The first-order valence-corrected chi connectivity index (χ1v) is 15.9. The van der Waals surface area contributed by atoms with Gasteiger partial charge in [0.05, 0.1) is 27.4 Å². The van der Waals surface area contributed by atoms with E-state index in [1.54, 1.807) is 0 Å². The number of fused-ring (bicyclic) bond motifs is 9. The Labute approximate surface area is 266 Å². The highest BCUT2D eigenvalue weighted by atomic mass is 15.3. The van der Waals surface area contributed by atoms with Crippen molar-refractivity contribution in [3.63, 3.8) is 0 Å². The summed E-state index contributed by atoms with van der Waals surface area (Å²) < 4.78 is 4.69. The standard InChI is InChI=1S/C42H32N4/c1-2-3-4-13-24-45-37-20-11-9-18-33(37)41-32-17-7-6-15-30(32)34(26-40(41)45)28-22-23-39-35(25-28)31-16-8-12-21-38(31)46(39)42-43-27-29-14-5-10-19-36(29)44-42/h2,5-27,42-43H,1,3-4H2/b24-13+. The van der Waals surface area contributed by atoms with Crippen LogP contribution in [0.3, 0.4) is 0 Å². The van der Waals surface area contributed by atoms with E-state index in [1.165, 1.54) is 54.5 Å². The zero-order chi connectivity index (χ0) is 30.6. The van der Waals surface area contributed by atoms with E-state index in [1.807, 2.05) is 12.1 Å². The second-order valence-electron chi connectivity index (χ2n) is 12.0. The molecule has 1 N–H and O–H groups in total. The predicted octanol–water partition coefficient (Wildman–Crippen LogP) is 9.28. The topological polar surface area (TPSA) is 34.2 Å². The second kappa shape index (κ2) is 10.6. The zero-order valence-electron chi connectivity index (χ0n) is 25.4. The molecule has 2 aromatic heterocycles. The van der Waals surface area contributed by atoms with Crippen molar-refractivity contribution in [2.75, 3.05) is 0 Å². The van der Waals surface area contributed by atoms with Crippen molar-refractivity contribution in [1.82, 2.24) is 14.5 Å². The highest BCUT2D eigenvalue weighted by molar-refractivity contribution is 6.24. The number of nitrogens with zero attached hydrogens (tertiary/aromatic N) is 3. The lowest BCUT2D eigenvalue weighted by Crippen LogP contribution is -2.36. The second-order valence-corrected chi connectivity index (χ2v) is 12.0. The van der Waals surface area contributed by atoms with E-state index in [0.717, 1.165) is 34.5 Å². The third-order valence-electron chi connectivity index (χ3n) is 9.36. The lowest BCUT2D eigenvalue weighted by atomic mass is 9.94. The number of para-hydroxylation sites is 3. The Kier molecular flexibility index (Phi) is 6.13. The van der Waals surface area contributed by atoms with E-state index in [-0.39, 0.29) is 6.29 Å². The van der Waals surface area contributed by atoms with Crippen molar-refractivity contribution in [3.05, 3.63) is 151 Å². The predicted molar refractivity (Wildman–Crippen MR) is 194 cm³/mol. The number of aromatic nitrogens is 2. The Morgan fingerprint density at radius 2 is 1.37 bits per heavy atom. The van der Waals surface area contributed by atoms with Gasteiger partial charge in [-0.2, -0.15) is 0 Å². The largest absolute Gasteiger partial charge is 0.352 e. The van der Waals surface area contributed by atoms with Crippen molar-refractivity contribution in [2.45, 2.75) is 19.1 Å². The zero-order valence-corrected chi connectivity index (χ0v) is 25.4. The fourth-order valence-corrected chi connectivity index (χ4v) is 7.28. The molecule has 1 atom stereocenters. The van der Waals surface area contributed by atoms with Gasteiger partial charge in [0.15, 0.2) is 0 Å². The lowest BCUT2D eigenvalue weighted by Gasteiger charge is -2.20. The summed E-state index contributed by atoms with van der Waals surface area (Å²) in [4.78, 5) is 5.12. The van der Waals surface area contributed by atoms with Crippen LogP contribution in [0.15, 0.2) is 145 Å². The van der Waals surface area contributed by atoms with Crippen molar-refractivity contribution in [2.24, 2.45) is 4.99 Å². The van der Waals surface area contributed by atoms with Gasteiger partial charge in [0.2, 0.25) is 6.29 Å². The van der Waals surface area contributed by atoms with Gasteiger partial charge in [-0.05, 0) is 71.1 Å². The summed E-state index contributed by atoms with van der Waals surface area (Å²) >= 11 is 0. The molecule has 0 fully saturated rings. The summed E-state index contributed by atoms with van der Waals surface area (Å²) in [5, 5.41) is 13.2. The number of nitrogens with one attached hydrogen (secondary N) is 1. The molecule has 6 aromatic carbocycles. The van der Waals surface area contributed by atoms with E-state index in [9.17, 15) is 0 Å². The van der Waals surface area contributed by atoms with Crippen LogP contribution in [0.4, 0.5) is 0 Å². The molecule has 1 aliphatic rings. The van der Waals surface area contributed by atoms with Gasteiger partial charge in [-0.3, -0.25) is 0 Å². The minimum atomic E-state index is -0.232. The Balaban J connectivity index is 1.29. The maximum absolute atomic E-state index is 5.12. The first-order valence-electron chi connectivity index (χ1n) is 15.9. The van der Waals surface area contributed by atoms with Gasteiger partial charge < -0.3 is 14.5 Å². The van der Waals surface area contributed by atoms with Gasteiger partial charge in [0.1, 0.15) is 0 Å². The van der Waals surface area contributed by atoms with Crippen LogP contribution in [0.2, 0.25) is 0 Å². The SMILES string of the molecule is C=CCC/C=C/n1c2ccccc2c2c3ccccc3c(-c3ccc4c(c3)c3ccccc3n4C3N=c4ccccc4=CN3)cc21. The van der Waals surface area contributed by atoms with Gasteiger partial charge in [-0.1, -0.05) is 97.1 Å². The Morgan fingerprint density at radius 1 is 0.652 bits per heavy atom. The van der Waals surface area contributed by atoms with E-state index in [4.69, 9.17) is 4.99 Å². The first-order chi connectivity index (χ1) is 22.8. The van der Waals surface area contributed by atoms with Gasteiger partial charge >= 0.3 is 0 Å². The minimum absolute atomic E-state index is 0.232. The first kappa shape index (κ1) is 26.5. The third-order valence-corrected chi connectivity index (χ3v) is 9.36. The highest BCUT2D eigenvalue weighted by Crippen LogP contribution is 2.42. The van der Waals surface area contributed by atoms with Crippen molar-refractivity contribution in [3.8, 4) is 11.1 Å². The number of hydrogen-bond donors (Lipinski definition) is 1. The molecule has 4 heteroatoms. The molecular formula is C42H32N4.